The molecule has 1 saturated carbocycles. The minimum atomic E-state index is -0.279. The molecular weight excluding hydrogens is 399 g/mol. The highest BCUT2D eigenvalue weighted by Gasteiger charge is 2.33. The van der Waals surface area contributed by atoms with Crippen molar-refractivity contribution in [2.75, 3.05) is 12.9 Å². The van der Waals surface area contributed by atoms with Crippen LogP contribution in [0, 0.1) is 5.82 Å². The molecule has 0 radical (unpaired) electrons. The third kappa shape index (κ3) is 4.86. The van der Waals surface area contributed by atoms with Gasteiger partial charge < -0.3 is 4.74 Å². The molecule has 1 fully saturated rings. The van der Waals surface area contributed by atoms with E-state index < -0.39 is 0 Å². The first kappa shape index (κ1) is 20.9. The lowest BCUT2D eigenvalue weighted by molar-refractivity contribution is -0.130. The zero-order chi connectivity index (χ0) is 20.9. The molecule has 0 aromatic heterocycles. The van der Waals surface area contributed by atoms with E-state index in [4.69, 9.17) is 9.84 Å². The highest BCUT2D eigenvalue weighted by atomic mass is 32.2. The van der Waals surface area contributed by atoms with Gasteiger partial charge in [-0.05, 0) is 60.4 Å². The lowest BCUT2D eigenvalue weighted by Gasteiger charge is -2.24. The molecule has 2 aromatic carbocycles. The van der Waals surface area contributed by atoms with Gasteiger partial charge in [0, 0.05) is 11.7 Å². The Labute approximate surface area is 181 Å². The lowest BCUT2D eigenvalue weighted by atomic mass is 9.98. The number of hydrazone groups is 1. The second kappa shape index (κ2) is 9.65. The average molecular weight is 427 g/mol. The van der Waals surface area contributed by atoms with Crippen molar-refractivity contribution < 1.29 is 13.9 Å². The molecule has 4 rings (SSSR count). The van der Waals surface area contributed by atoms with E-state index in [2.05, 4.69) is 0 Å². The number of halogens is 1. The van der Waals surface area contributed by atoms with Gasteiger partial charge in [0.15, 0.2) is 0 Å². The van der Waals surface area contributed by atoms with E-state index in [0.717, 1.165) is 22.6 Å². The van der Waals surface area contributed by atoms with Gasteiger partial charge in [0.25, 0.3) is 5.91 Å². The molecule has 0 spiro atoms. The van der Waals surface area contributed by atoms with Gasteiger partial charge in [0.2, 0.25) is 0 Å². The Morgan fingerprint density at radius 3 is 2.47 bits per heavy atom. The fourth-order valence-electron chi connectivity index (χ4n) is 4.13. The minimum absolute atomic E-state index is 0.0170. The molecule has 6 heteroatoms. The topological polar surface area (TPSA) is 41.9 Å². The molecule has 2 aliphatic rings. The maximum atomic E-state index is 13.4. The van der Waals surface area contributed by atoms with Crippen LogP contribution in [-0.2, 0) is 4.79 Å². The van der Waals surface area contributed by atoms with Crippen LogP contribution in [-0.4, -0.2) is 34.7 Å². The summed E-state index contributed by atoms with van der Waals surface area (Å²) in [5, 5.41) is 6.89. The molecule has 1 aliphatic carbocycles. The van der Waals surface area contributed by atoms with Crippen molar-refractivity contribution in [3.05, 3.63) is 65.5 Å². The van der Waals surface area contributed by atoms with Crippen LogP contribution < -0.4 is 4.74 Å². The Hall–Kier alpha value is -2.34. The summed E-state index contributed by atoms with van der Waals surface area (Å²) in [6.45, 7) is 0. The van der Waals surface area contributed by atoms with Crippen LogP contribution >= 0.6 is 11.8 Å². The smallest absolute Gasteiger partial charge is 0.253 e. The number of nitrogens with zero attached hydrogens (tertiary/aromatic N) is 2. The monoisotopic (exact) mass is 426 g/mol. The highest BCUT2D eigenvalue weighted by molar-refractivity contribution is 8.00. The molecular formula is C24H27FN2O2S. The molecule has 2 aromatic rings. The van der Waals surface area contributed by atoms with Crippen molar-refractivity contribution in [2.24, 2.45) is 5.10 Å². The Bertz CT molecular complexity index is 892. The van der Waals surface area contributed by atoms with Crippen molar-refractivity contribution >= 4 is 23.4 Å². The molecule has 1 amide bonds. The Balaban J connectivity index is 1.53. The summed E-state index contributed by atoms with van der Waals surface area (Å²) in [7, 11) is 1.64. The second-order valence-corrected chi connectivity index (χ2v) is 9.14. The standard InChI is InChI=1S/C24H27FN2O2S/c1-29-20-13-9-17(10-14-20)22-15-23(18-7-11-19(25)12-8-18)27(26-22)24(28)16-30-21-5-3-2-4-6-21/h7-14,21,23H,2-6,15-16H2,1H3. The van der Waals surface area contributed by atoms with Crippen LogP contribution in [0.1, 0.15) is 55.7 Å². The van der Waals surface area contributed by atoms with Crippen LogP contribution in [0.3, 0.4) is 0 Å². The number of carbonyl (C=O) groups excluding carboxylic acids is 1. The largest absolute Gasteiger partial charge is 0.497 e. The van der Waals surface area contributed by atoms with Crippen molar-refractivity contribution in [2.45, 2.75) is 49.8 Å². The highest BCUT2D eigenvalue weighted by Crippen LogP contribution is 2.35. The first-order chi connectivity index (χ1) is 14.6. The Morgan fingerprint density at radius 2 is 1.80 bits per heavy atom. The van der Waals surface area contributed by atoms with E-state index >= 15 is 0 Å². The molecule has 1 atom stereocenters. The predicted molar refractivity (Wildman–Crippen MR) is 119 cm³/mol. The van der Waals surface area contributed by atoms with Gasteiger partial charge >= 0.3 is 0 Å². The third-order valence-corrected chi connectivity index (χ3v) is 7.20. The van der Waals surface area contributed by atoms with Gasteiger partial charge in [-0.1, -0.05) is 31.4 Å². The van der Waals surface area contributed by atoms with Crippen LogP contribution in [0.4, 0.5) is 4.39 Å². The zero-order valence-corrected chi connectivity index (χ0v) is 18.0. The first-order valence-electron chi connectivity index (χ1n) is 10.5. The predicted octanol–water partition coefficient (Wildman–Crippen LogP) is 5.58. The maximum absolute atomic E-state index is 13.4. The van der Waals surface area contributed by atoms with Gasteiger partial charge in [0.1, 0.15) is 11.6 Å². The maximum Gasteiger partial charge on any atom is 0.253 e. The van der Waals surface area contributed by atoms with Gasteiger partial charge in [-0.15, -0.1) is 11.8 Å². The Morgan fingerprint density at radius 1 is 1.10 bits per heavy atom. The number of hydrogen-bond acceptors (Lipinski definition) is 4. The number of thioether (sulfide) groups is 1. The summed E-state index contributed by atoms with van der Waals surface area (Å²) >= 11 is 1.76. The van der Waals surface area contributed by atoms with Crippen LogP contribution in [0.15, 0.2) is 53.6 Å². The molecule has 0 N–H and O–H groups in total. The summed E-state index contributed by atoms with van der Waals surface area (Å²) in [5.41, 5.74) is 2.74. The van der Waals surface area contributed by atoms with Crippen LogP contribution in [0.2, 0.25) is 0 Å². The number of ether oxygens (including phenoxy) is 1. The summed E-state index contributed by atoms with van der Waals surface area (Å²) in [4.78, 5) is 13.1. The molecule has 158 valence electrons. The quantitative estimate of drug-likeness (QED) is 0.606. The van der Waals surface area contributed by atoms with Crippen molar-refractivity contribution in [1.29, 1.82) is 0 Å². The molecule has 30 heavy (non-hydrogen) atoms. The van der Waals surface area contributed by atoms with Crippen molar-refractivity contribution in [3.63, 3.8) is 0 Å². The minimum Gasteiger partial charge on any atom is -0.497 e. The molecule has 0 saturated heterocycles. The van der Waals surface area contributed by atoms with E-state index in [-0.39, 0.29) is 17.8 Å². The SMILES string of the molecule is COc1ccc(C2=NN(C(=O)CSC3CCCCC3)C(c3ccc(F)cc3)C2)cc1. The van der Waals surface area contributed by atoms with Gasteiger partial charge in [0.05, 0.1) is 24.6 Å². The zero-order valence-electron chi connectivity index (χ0n) is 17.2. The van der Waals surface area contributed by atoms with E-state index in [0.29, 0.717) is 17.4 Å². The molecule has 1 unspecified atom stereocenters. The molecule has 1 aliphatic heterocycles. The van der Waals surface area contributed by atoms with Gasteiger partial charge in [-0.3, -0.25) is 4.79 Å². The number of methoxy groups -OCH3 is 1. The van der Waals surface area contributed by atoms with E-state index in [1.54, 1.807) is 36.0 Å². The van der Waals surface area contributed by atoms with Crippen LogP contribution in [0.25, 0.3) is 0 Å². The van der Waals surface area contributed by atoms with E-state index in [1.807, 2.05) is 24.3 Å². The Kier molecular flexibility index (Phi) is 6.72. The lowest BCUT2D eigenvalue weighted by Crippen LogP contribution is -2.29. The molecule has 1 heterocycles. The fraction of sp³-hybridized carbons (Fsp3) is 0.417. The second-order valence-electron chi connectivity index (χ2n) is 7.86. The number of benzene rings is 2. The first-order valence-corrected chi connectivity index (χ1v) is 11.6. The average Bonchev–Trinajstić information content (AvgIpc) is 3.24. The van der Waals surface area contributed by atoms with Crippen molar-refractivity contribution in [1.82, 2.24) is 5.01 Å². The summed E-state index contributed by atoms with van der Waals surface area (Å²) in [6.07, 6.45) is 6.82. The number of carbonyl (C=O) groups is 1. The van der Waals surface area contributed by atoms with E-state index in [1.165, 1.54) is 44.2 Å². The number of rotatable bonds is 6. The van der Waals surface area contributed by atoms with Gasteiger partial charge in [-0.25, -0.2) is 9.40 Å². The van der Waals surface area contributed by atoms with Crippen LogP contribution in [0.5, 0.6) is 5.75 Å². The van der Waals surface area contributed by atoms with Gasteiger partial charge in [-0.2, -0.15) is 5.10 Å². The normalized spacial score (nSPS) is 19.6. The summed E-state index contributed by atoms with van der Waals surface area (Å²) < 4.78 is 18.7. The third-order valence-electron chi connectivity index (χ3n) is 5.84. The fourth-order valence-corrected chi connectivity index (χ4v) is 5.31. The van der Waals surface area contributed by atoms with E-state index in [9.17, 15) is 9.18 Å². The number of amides is 1. The molecule has 0 bridgehead atoms. The summed E-state index contributed by atoms with van der Waals surface area (Å²) in [6, 6.07) is 13.9. The summed E-state index contributed by atoms with van der Waals surface area (Å²) in [5.74, 6) is 0.952. The van der Waals surface area contributed by atoms with Crippen molar-refractivity contribution in [3.8, 4) is 5.75 Å². The number of hydrogen-bond donors (Lipinski definition) is 0. The molecule has 4 nitrogen and oxygen atoms in total.